The van der Waals surface area contributed by atoms with E-state index in [9.17, 15) is 0 Å². The number of nitrogens with zero attached hydrogens (tertiary/aromatic N) is 6. The van der Waals surface area contributed by atoms with Crippen molar-refractivity contribution in [2.24, 2.45) is 0 Å². The van der Waals surface area contributed by atoms with E-state index in [4.69, 9.17) is 9.84 Å². The molecule has 4 heterocycles. The van der Waals surface area contributed by atoms with E-state index in [1.54, 1.807) is 11.3 Å². The minimum Gasteiger partial charge on any atom is -0.492 e. The van der Waals surface area contributed by atoms with Crippen LogP contribution in [0.4, 0.5) is 5.82 Å². The average Bonchev–Trinajstić information content (AvgIpc) is 3.44. The molecule has 0 spiro atoms. The first-order valence-electron chi connectivity index (χ1n) is 9.77. The summed E-state index contributed by atoms with van der Waals surface area (Å²) >= 11 is 1.65. The number of fused-ring (bicyclic) bond motifs is 1. The van der Waals surface area contributed by atoms with Gasteiger partial charge in [-0.1, -0.05) is 18.2 Å². The van der Waals surface area contributed by atoms with E-state index in [0.717, 1.165) is 61.3 Å². The van der Waals surface area contributed by atoms with Gasteiger partial charge in [-0.15, -0.1) is 15.3 Å². The second-order valence-electron chi connectivity index (χ2n) is 6.99. The first kappa shape index (κ1) is 18.1. The Kier molecular flexibility index (Phi) is 5.10. The largest absolute Gasteiger partial charge is 0.492 e. The number of hydrogen-bond acceptors (Lipinski definition) is 7. The normalized spacial score (nSPS) is 15.1. The van der Waals surface area contributed by atoms with Gasteiger partial charge in [0.05, 0.1) is 0 Å². The third-order valence-corrected chi connectivity index (χ3v) is 5.83. The van der Waals surface area contributed by atoms with Gasteiger partial charge in [-0.2, -0.15) is 15.9 Å². The molecule has 0 unspecified atom stereocenters. The summed E-state index contributed by atoms with van der Waals surface area (Å²) in [4.78, 5) is 4.76. The second-order valence-corrected chi connectivity index (χ2v) is 7.77. The summed E-state index contributed by atoms with van der Waals surface area (Å²) in [5, 5.41) is 17.5. The maximum atomic E-state index is 5.82. The second kappa shape index (κ2) is 8.18. The zero-order chi connectivity index (χ0) is 19.5. The fraction of sp³-hybridized carbons (Fsp3) is 0.286. The van der Waals surface area contributed by atoms with Crippen LogP contribution in [0.15, 0.2) is 59.3 Å². The van der Waals surface area contributed by atoms with Gasteiger partial charge in [0.1, 0.15) is 18.2 Å². The third kappa shape index (κ3) is 3.94. The molecule has 3 aromatic heterocycles. The van der Waals surface area contributed by atoms with Crippen LogP contribution in [0.5, 0.6) is 5.75 Å². The van der Waals surface area contributed by atoms with Gasteiger partial charge in [0, 0.05) is 43.7 Å². The van der Waals surface area contributed by atoms with Crippen molar-refractivity contribution in [2.75, 3.05) is 44.2 Å². The number of ether oxygens (including phenoxy) is 1. The van der Waals surface area contributed by atoms with Gasteiger partial charge in [0.2, 0.25) is 0 Å². The quantitative estimate of drug-likeness (QED) is 0.491. The summed E-state index contributed by atoms with van der Waals surface area (Å²) in [5.74, 6) is 2.69. The van der Waals surface area contributed by atoms with Gasteiger partial charge in [0.25, 0.3) is 0 Å². The topological polar surface area (TPSA) is 58.8 Å². The van der Waals surface area contributed by atoms with E-state index >= 15 is 0 Å². The Morgan fingerprint density at radius 2 is 1.79 bits per heavy atom. The van der Waals surface area contributed by atoms with Crippen molar-refractivity contribution in [3.63, 3.8) is 0 Å². The third-order valence-electron chi connectivity index (χ3n) is 5.14. The first-order chi connectivity index (χ1) is 14.4. The Labute approximate surface area is 173 Å². The van der Waals surface area contributed by atoms with Crippen LogP contribution < -0.4 is 9.64 Å². The Morgan fingerprint density at radius 3 is 2.59 bits per heavy atom. The highest BCUT2D eigenvalue weighted by Crippen LogP contribution is 2.22. The van der Waals surface area contributed by atoms with E-state index < -0.39 is 0 Å². The molecule has 4 aromatic rings. The molecule has 1 saturated heterocycles. The molecule has 0 aliphatic carbocycles. The summed E-state index contributed by atoms with van der Waals surface area (Å²) in [5.41, 5.74) is 1.82. The highest BCUT2D eigenvalue weighted by molar-refractivity contribution is 7.08. The molecule has 0 atom stereocenters. The molecule has 0 N–H and O–H groups in total. The van der Waals surface area contributed by atoms with Gasteiger partial charge in [-0.25, -0.2) is 0 Å². The minimum absolute atomic E-state index is 0.707. The number of para-hydroxylation sites is 1. The van der Waals surface area contributed by atoms with Crippen molar-refractivity contribution in [3.05, 3.63) is 59.3 Å². The molecule has 8 heteroatoms. The summed E-state index contributed by atoms with van der Waals surface area (Å²) < 4.78 is 7.67. The number of anilines is 1. The van der Waals surface area contributed by atoms with Gasteiger partial charge in [-0.3, -0.25) is 4.90 Å². The number of benzene rings is 1. The van der Waals surface area contributed by atoms with E-state index in [1.807, 2.05) is 58.4 Å². The number of hydrogen-bond donors (Lipinski definition) is 0. The molecule has 1 fully saturated rings. The number of piperazine rings is 1. The van der Waals surface area contributed by atoms with Crippen LogP contribution in [-0.4, -0.2) is 64.0 Å². The van der Waals surface area contributed by atoms with Crippen LogP contribution in [0.2, 0.25) is 0 Å². The molecular formula is C21H22N6OS. The van der Waals surface area contributed by atoms with Gasteiger partial charge < -0.3 is 9.64 Å². The molecule has 1 aromatic carbocycles. The molecule has 1 aliphatic heterocycles. The fourth-order valence-corrected chi connectivity index (χ4v) is 4.16. The van der Waals surface area contributed by atoms with Crippen molar-refractivity contribution in [1.29, 1.82) is 0 Å². The summed E-state index contributed by atoms with van der Waals surface area (Å²) in [7, 11) is 0. The monoisotopic (exact) mass is 406 g/mol. The van der Waals surface area contributed by atoms with E-state index in [1.165, 1.54) is 0 Å². The highest BCUT2D eigenvalue weighted by atomic mass is 32.1. The van der Waals surface area contributed by atoms with Crippen molar-refractivity contribution < 1.29 is 4.74 Å². The predicted molar refractivity (Wildman–Crippen MR) is 115 cm³/mol. The smallest absolute Gasteiger partial charge is 0.186 e. The van der Waals surface area contributed by atoms with Gasteiger partial charge in [0.15, 0.2) is 11.5 Å². The first-order valence-corrected chi connectivity index (χ1v) is 10.7. The maximum absolute atomic E-state index is 5.82. The SMILES string of the molecule is c1ccc(OCCN2CCN(c3ccc4nnc(-c5ccsc5)n4n3)CC2)cc1. The molecule has 7 nitrogen and oxygen atoms in total. The minimum atomic E-state index is 0.707. The molecule has 0 radical (unpaired) electrons. The zero-order valence-electron chi connectivity index (χ0n) is 16.0. The number of aromatic nitrogens is 4. The Hall–Kier alpha value is -2.97. The van der Waals surface area contributed by atoms with Crippen LogP contribution in [0.1, 0.15) is 0 Å². The molecule has 0 saturated carbocycles. The molecule has 0 amide bonds. The summed E-state index contributed by atoms with van der Waals surface area (Å²) in [6, 6.07) is 16.1. The zero-order valence-corrected chi connectivity index (χ0v) is 16.8. The highest BCUT2D eigenvalue weighted by Gasteiger charge is 2.19. The molecule has 1 aliphatic rings. The van der Waals surface area contributed by atoms with Crippen molar-refractivity contribution >= 4 is 22.8 Å². The fourth-order valence-electron chi connectivity index (χ4n) is 3.53. The van der Waals surface area contributed by atoms with Crippen LogP contribution in [0, 0.1) is 0 Å². The molecule has 29 heavy (non-hydrogen) atoms. The molecule has 5 rings (SSSR count). The molecular weight excluding hydrogens is 384 g/mol. The number of rotatable bonds is 6. The standard InChI is InChI=1S/C21H22N6OS/c1-2-4-18(5-3-1)28-14-13-25-9-11-26(12-10-25)20-7-6-19-22-23-21(27(19)24-20)17-8-15-29-16-17/h1-8,15-16H,9-14H2. The van der Waals surface area contributed by atoms with Crippen LogP contribution in [0.25, 0.3) is 17.0 Å². The van der Waals surface area contributed by atoms with Crippen LogP contribution >= 0.6 is 11.3 Å². The lowest BCUT2D eigenvalue weighted by atomic mass is 10.3. The lowest BCUT2D eigenvalue weighted by molar-refractivity contribution is 0.200. The van der Waals surface area contributed by atoms with Crippen molar-refractivity contribution in [3.8, 4) is 17.1 Å². The molecule has 148 valence electrons. The Morgan fingerprint density at radius 1 is 0.931 bits per heavy atom. The Bertz CT molecular complexity index is 1060. The van der Waals surface area contributed by atoms with E-state index in [2.05, 4.69) is 25.4 Å². The van der Waals surface area contributed by atoms with E-state index in [0.29, 0.717) is 6.61 Å². The Balaban J connectivity index is 1.20. The maximum Gasteiger partial charge on any atom is 0.186 e. The van der Waals surface area contributed by atoms with E-state index in [-0.39, 0.29) is 0 Å². The van der Waals surface area contributed by atoms with Gasteiger partial charge >= 0.3 is 0 Å². The van der Waals surface area contributed by atoms with Crippen molar-refractivity contribution in [1.82, 2.24) is 24.7 Å². The van der Waals surface area contributed by atoms with Crippen LogP contribution in [-0.2, 0) is 0 Å². The molecule has 0 bridgehead atoms. The lowest BCUT2D eigenvalue weighted by Gasteiger charge is -2.35. The van der Waals surface area contributed by atoms with Crippen molar-refractivity contribution in [2.45, 2.75) is 0 Å². The summed E-state index contributed by atoms with van der Waals surface area (Å²) in [6.07, 6.45) is 0. The predicted octanol–water partition coefficient (Wildman–Crippen LogP) is 3.05. The van der Waals surface area contributed by atoms with Crippen LogP contribution in [0.3, 0.4) is 0 Å². The number of thiophene rings is 1. The summed E-state index contributed by atoms with van der Waals surface area (Å²) in [6.45, 7) is 5.52. The average molecular weight is 407 g/mol. The van der Waals surface area contributed by atoms with Gasteiger partial charge in [-0.05, 0) is 35.7 Å². The lowest BCUT2D eigenvalue weighted by Crippen LogP contribution is -2.47.